The van der Waals surface area contributed by atoms with Crippen molar-refractivity contribution in [1.82, 2.24) is 20.8 Å². The molecule has 4 rings (SSSR count). The van der Waals surface area contributed by atoms with Gasteiger partial charge in [0.25, 0.3) is 0 Å². The molecular formula is C56H108N4O10. The van der Waals surface area contributed by atoms with Crippen molar-refractivity contribution in [3.8, 4) is 0 Å². The highest BCUT2D eigenvalue weighted by atomic mass is 16.7. The number of carbonyl (C=O) groups is 2. The number of nitrogens with zero attached hydrogens (tertiary/aromatic N) is 2. The number of esters is 2. The van der Waals surface area contributed by atoms with Crippen LogP contribution in [0.25, 0.3) is 0 Å². The molecule has 0 aliphatic carbocycles. The summed E-state index contributed by atoms with van der Waals surface area (Å²) in [7, 11) is 0. The molecule has 0 atom stereocenters. The van der Waals surface area contributed by atoms with Gasteiger partial charge in [0.05, 0.1) is 12.2 Å². The maximum atomic E-state index is 12.3. The van der Waals surface area contributed by atoms with Crippen molar-refractivity contribution in [3.63, 3.8) is 0 Å². The SMILES string of the molecule is CC1(C)CC(OCOCCCCCCCCC(=O)OC2CC(C)(C)N(O)C(C)(C)C2)CC(C)(C)N1O.CC1(C)CC(OCOCCCCCCCCC(=O)OC2CC(C)(C)NC(C)(C)C2)CC(C)(C)N1. The lowest BCUT2D eigenvalue weighted by Crippen LogP contribution is -2.60. The average Bonchev–Trinajstić information content (AvgIpc) is 3.17. The van der Waals surface area contributed by atoms with Crippen LogP contribution in [0.2, 0.25) is 0 Å². The van der Waals surface area contributed by atoms with Crippen LogP contribution in [-0.4, -0.2) is 128 Å². The van der Waals surface area contributed by atoms with Crippen molar-refractivity contribution in [1.29, 1.82) is 0 Å². The second-order valence-corrected chi connectivity index (χ2v) is 26.9. The summed E-state index contributed by atoms with van der Waals surface area (Å²) in [4.78, 5) is 24.6. The molecule has 0 bridgehead atoms. The first-order valence-electron chi connectivity index (χ1n) is 27.6. The van der Waals surface area contributed by atoms with E-state index in [9.17, 15) is 20.0 Å². The van der Waals surface area contributed by atoms with Crippen LogP contribution in [0.3, 0.4) is 0 Å². The number of hydroxylamine groups is 4. The van der Waals surface area contributed by atoms with Gasteiger partial charge < -0.3 is 49.5 Å². The third-order valence-electron chi connectivity index (χ3n) is 14.7. The minimum atomic E-state index is -0.409. The molecule has 0 radical (unpaired) electrons. The molecule has 4 N–H and O–H groups in total. The number of hydrogen-bond donors (Lipinski definition) is 4. The fraction of sp³-hybridized carbons (Fsp3) is 0.964. The number of ether oxygens (including phenoxy) is 6. The lowest BCUT2D eigenvalue weighted by Gasteiger charge is -2.51. The summed E-state index contributed by atoms with van der Waals surface area (Å²) >= 11 is 0. The van der Waals surface area contributed by atoms with Crippen LogP contribution < -0.4 is 10.6 Å². The molecule has 412 valence electrons. The topological polar surface area (TPSA) is 161 Å². The predicted octanol–water partition coefficient (Wildman–Crippen LogP) is 11.9. The molecule has 70 heavy (non-hydrogen) atoms. The van der Waals surface area contributed by atoms with Crippen LogP contribution in [0.5, 0.6) is 0 Å². The predicted molar refractivity (Wildman–Crippen MR) is 279 cm³/mol. The smallest absolute Gasteiger partial charge is 0.306 e. The normalized spacial score (nSPS) is 24.4. The van der Waals surface area contributed by atoms with Gasteiger partial charge >= 0.3 is 11.9 Å². The van der Waals surface area contributed by atoms with Gasteiger partial charge in [-0.2, -0.15) is 10.1 Å². The Morgan fingerprint density at radius 1 is 0.400 bits per heavy atom. The number of unbranched alkanes of at least 4 members (excludes halogenated alkanes) is 10. The number of hydrogen-bond acceptors (Lipinski definition) is 14. The Kier molecular flexibility index (Phi) is 24.6. The summed E-state index contributed by atoms with van der Waals surface area (Å²) in [5.41, 5.74) is -1.23. The van der Waals surface area contributed by atoms with Crippen molar-refractivity contribution >= 4 is 11.9 Å². The molecule has 4 saturated heterocycles. The molecule has 14 heteroatoms. The van der Waals surface area contributed by atoms with Crippen LogP contribution in [0, 0.1) is 0 Å². The van der Waals surface area contributed by atoms with Crippen molar-refractivity contribution in [2.24, 2.45) is 0 Å². The molecule has 0 aromatic heterocycles. The molecular weight excluding hydrogens is 889 g/mol. The molecule has 4 aliphatic rings. The Morgan fingerprint density at radius 3 is 1.00 bits per heavy atom. The van der Waals surface area contributed by atoms with Crippen LogP contribution in [-0.2, 0) is 38.0 Å². The Labute approximate surface area is 427 Å². The largest absolute Gasteiger partial charge is 0.462 e. The van der Waals surface area contributed by atoms with E-state index in [0.717, 1.165) is 116 Å². The number of rotatable bonds is 26. The first kappa shape index (κ1) is 62.8. The van der Waals surface area contributed by atoms with Gasteiger partial charge in [0.2, 0.25) is 0 Å². The van der Waals surface area contributed by atoms with Crippen LogP contribution in [0.4, 0.5) is 0 Å². The summed E-state index contributed by atoms with van der Waals surface area (Å²) < 4.78 is 34.9. The van der Waals surface area contributed by atoms with Gasteiger partial charge in [-0.15, -0.1) is 0 Å². The molecule has 0 unspecified atom stereocenters. The minimum Gasteiger partial charge on any atom is -0.462 e. The average molecular weight is 997 g/mol. The van der Waals surface area contributed by atoms with Crippen LogP contribution >= 0.6 is 0 Å². The molecule has 4 aliphatic heterocycles. The maximum Gasteiger partial charge on any atom is 0.306 e. The molecule has 4 fully saturated rings. The van der Waals surface area contributed by atoms with Gasteiger partial charge in [0.15, 0.2) is 0 Å². The molecule has 0 spiro atoms. The Morgan fingerprint density at radius 2 is 0.657 bits per heavy atom. The zero-order valence-corrected chi connectivity index (χ0v) is 47.7. The zero-order valence-electron chi connectivity index (χ0n) is 47.7. The number of nitrogens with one attached hydrogen (secondary N) is 2. The molecule has 0 amide bonds. The fourth-order valence-electron chi connectivity index (χ4n) is 12.5. The van der Waals surface area contributed by atoms with E-state index in [1.807, 2.05) is 55.4 Å². The lowest BCUT2D eigenvalue weighted by molar-refractivity contribution is -0.267. The maximum absolute atomic E-state index is 12.3. The van der Waals surface area contributed by atoms with Crippen molar-refractivity contribution in [2.45, 2.75) is 321 Å². The molecule has 4 heterocycles. The first-order valence-corrected chi connectivity index (χ1v) is 27.6. The summed E-state index contributed by atoms with van der Waals surface area (Å²) in [6, 6.07) is 0. The number of carbonyl (C=O) groups excluding carboxylic acids is 2. The lowest BCUT2D eigenvalue weighted by atomic mass is 9.80. The van der Waals surface area contributed by atoms with E-state index in [2.05, 4.69) is 66.0 Å². The van der Waals surface area contributed by atoms with Gasteiger partial charge in [0.1, 0.15) is 25.8 Å². The third-order valence-corrected chi connectivity index (χ3v) is 14.7. The highest BCUT2D eigenvalue weighted by Gasteiger charge is 2.47. The van der Waals surface area contributed by atoms with Crippen molar-refractivity contribution in [3.05, 3.63) is 0 Å². The summed E-state index contributed by atoms with van der Waals surface area (Å²) in [6.45, 7) is 35.9. The van der Waals surface area contributed by atoms with E-state index < -0.39 is 11.1 Å². The van der Waals surface area contributed by atoms with Gasteiger partial charge in [-0.25, -0.2) is 0 Å². The molecule has 0 aromatic carbocycles. The summed E-state index contributed by atoms with van der Waals surface area (Å²) in [5, 5.41) is 31.0. The second-order valence-electron chi connectivity index (χ2n) is 26.9. The van der Waals surface area contributed by atoms with E-state index >= 15 is 0 Å². The van der Waals surface area contributed by atoms with E-state index in [1.54, 1.807) is 0 Å². The quantitative estimate of drug-likeness (QED) is 0.0368. The van der Waals surface area contributed by atoms with Gasteiger partial charge in [-0.1, -0.05) is 51.4 Å². The number of piperidine rings is 4. The Balaban J connectivity index is 0.000000371. The third kappa shape index (κ3) is 23.4. The van der Waals surface area contributed by atoms with E-state index in [4.69, 9.17) is 28.4 Å². The van der Waals surface area contributed by atoms with E-state index in [0.29, 0.717) is 45.9 Å². The van der Waals surface area contributed by atoms with Gasteiger partial charge in [-0.05, 0) is 162 Å². The Hall–Kier alpha value is -1.46. The van der Waals surface area contributed by atoms with Gasteiger partial charge in [-0.3, -0.25) is 9.59 Å². The van der Waals surface area contributed by atoms with Crippen molar-refractivity contribution < 1.29 is 48.4 Å². The van der Waals surface area contributed by atoms with Gasteiger partial charge in [0, 0.05) is 96.1 Å². The molecule has 0 aromatic rings. The van der Waals surface area contributed by atoms with E-state index in [-0.39, 0.29) is 69.6 Å². The first-order chi connectivity index (χ1) is 32.2. The van der Waals surface area contributed by atoms with E-state index in [1.165, 1.54) is 16.5 Å². The monoisotopic (exact) mass is 997 g/mol. The minimum absolute atomic E-state index is 0.00369. The summed E-state index contributed by atoms with van der Waals surface area (Å²) in [5.74, 6) is -0.157. The molecule has 0 saturated carbocycles. The zero-order chi connectivity index (χ0) is 52.7. The summed E-state index contributed by atoms with van der Waals surface area (Å²) in [6.07, 6.45) is 20.7. The standard InChI is InChI=1S/C28H54N2O6.C28H54N2O4/c1-25(2)17-22(18-26(3,4)29(25)32)35-21-34-16-14-12-10-9-11-13-15-24(31)36-23-19-27(5,6)30(33)28(7,8)20-23;1-25(2)17-22(18-26(3,4)29-25)33-21-32-16-14-12-10-9-11-13-15-24(31)34-23-19-27(5,6)30-28(7,8)20-23/h22-23,32-33H,9-21H2,1-8H3;22-23,29-30H,9-21H2,1-8H3. The Bertz CT molecular complexity index is 1480. The van der Waals surface area contributed by atoms with Crippen LogP contribution in [0.1, 0.15) is 252 Å². The fourth-order valence-corrected chi connectivity index (χ4v) is 12.5. The molecule has 14 nitrogen and oxygen atoms in total. The van der Waals surface area contributed by atoms with Crippen molar-refractivity contribution in [2.75, 3.05) is 26.8 Å². The van der Waals surface area contributed by atoms with Crippen LogP contribution in [0.15, 0.2) is 0 Å². The second kappa shape index (κ2) is 27.4. The highest BCUT2D eigenvalue weighted by molar-refractivity contribution is 5.69. The highest BCUT2D eigenvalue weighted by Crippen LogP contribution is 2.39.